The van der Waals surface area contributed by atoms with Crippen LogP contribution in [0, 0.1) is 52.3 Å². The van der Waals surface area contributed by atoms with E-state index >= 15 is 0 Å². The van der Waals surface area contributed by atoms with Crippen LogP contribution in [-0.4, -0.2) is 0 Å². The van der Waals surface area contributed by atoms with Crippen LogP contribution in [0.15, 0.2) is 11.6 Å². The van der Waals surface area contributed by atoms with E-state index in [0.717, 1.165) is 41.4 Å². The van der Waals surface area contributed by atoms with Crippen molar-refractivity contribution in [2.45, 2.75) is 112 Å². The van der Waals surface area contributed by atoms with Crippen molar-refractivity contribution in [1.29, 1.82) is 0 Å². The molecule has 0 aromatic carbocycles. The van der Waals surface area contributed by atoms with Crippen molar-refractivity contribution in [3.63, 3.8) is 0 Å². The zero-order chi connectivity index (χ0) is 20.1. The summed E-state index contributed by atoms with van der Waals surface area (Å²) in [5, 5.41) is 0. The Morgan fingerprint density at radius 1 is 1.00 bits per heavy atom. The molecule has 4 rings (SSSR count). The molecule has 28 heavy (non-hydrogen) atoms. The van der Waals surface area contributed by atoms with Crippen molar-refractivity contribution in [2.75, 3.05) is 0 Å². The van der Waals surface area contributed by atoms with Crippen LogP contribution in [0.2, 0.25) is 0 Å². The minimum absolute atomic E-state index is 0. The average molecular weight is 391 g/mol. The van der Waals surface area contributed by atoms with Gasteiger partial charge in [-0.15, -0.1) is 0 Å². The van der Waals surface area contributed by atoms with E-state index in [-0.39, 0.29) is 4.28 Å². The lowest BCUT2D eigenvalue weighted by Gasteiger charge is -2.58. The fraction of sp³-hybridized carbons (Fsp3) is 0.929. The van der Waals surface area contributed by atoms with Gasteiger partial charge in [0.25, 0.3) is 0 Å². The minimum atomic E-state index is 0. The molecule has 0 aliphatic heterocycles. The molecule has 0 aromatic rings. The maximum Gasteiger partial charge on any atom is 0 e. The summed E-state index contributed by atoms with van der Waals surface area (Å²) in [6, 6.07) is 0. The molecule has 0 spiro atoms. The van der Waals surface area contributed by atoms with Gasteiger partial charge in [-0.05, 0) is 104 Å². The molecule has 4 aliphatic rings. The smallest absolute Gasteiger partial charge is 0 e. The van der Waals surface area contributed by atoms with Crippen LogP contribution in [0.5, 0.6) is 0 Å². The standard InChI is InChI=1S/C28H48.3H2/c1-19(2)8-7-9-21(4)24-12-13-25-23-11-10-22-18-20(3)14-16-27(22,5)26(23)15-17-28(24,25)6;;;/h10,19-21,23-26H,7-9,11-18H2,1-6H3;3*1H/t20?,21?,23?,24-,25?,26?,27+,28?;;;/m1.../s1. The largest absolute Gasteiger partial charge is 0.0845 e. The molecular weight excluding hydrogens is 336 g/mol. The van der Waals surface area contributed by atoms with Crippen molar-refractivity contribution in [2.24, 2.45) is 52.3 Å². The summed E-state index contributed by atoms with van der Waals surface area (Å²) in [7, 11) is 0. The Hall–Kier alpha value is -0.260. The highest BCUT2D eigenvalue weighted by atomic mass is 14.6. The molecule has 3 saturated carbocycles. The molecule has 0 bridgehead atoms. The summed E-state index contributed by atoms with van der Waals surface area (Å²) in [5.74, 6) is 6.73. The van der Waals surface area contributed by atoms with Gasteiger partial charge in [0.05, 0.1) is 0 Å². The Kier molecular flexibility index (Phi) is 5.83. The third kappa shape index (κ3) is 3.43. The van der Waals surface area contributed by atoms with Crippen LogP contribution in [0.3, 0.4) is 0 Å². The number of hydrogen-bond acceptors (Lipinski definition) is 0. The first kappa shape index (κ1) is 21.0. The van der Waals surface area contributed by atoms with Crippen molar-refractivity contribution < 1.29 is 4.28 Å². The lowest BCUT2D eigenvalue weighted by atomic mass is 9.46. The topological polar surface area (TPSA) is 0 Å². The summed E-state index contributed by atoms with van der Waals surface area (Å²) in [6.07, 6.45) is 19.0. The molecule has 166 valence electrons. The lowest BCUT2D eigenvalue weighted by Crippen LogP contribution is -2.50. The molecule has 0 aromatic heterocycles. The molecule has 6 unspecified atom stereocenters. The second-order valence-corrected chi connectivity index (χ2v) is 12.6. The van der Waals surface area contributed by atoms with Gasteiger partial charge in [0, 0.05) is 4.28 Å². The van der Waals surface area contributed by atoms with E-state index < -0.39 is 0 Å². The van der Waals surface area contributed by atoms with Crippen LogP contribution in [0.4, 0.5) is 0 Å². The summed E-state index contributed by atoms with van der Waals surface area (Å²) >= 11 is 0. The Bertz CT molecular complexity index is 599. The van der Waals surface area contributed by atoms with Gasteiger partial charge in [0.2, 0.25) is 0 Å². The molecule has 8 atom stereocenters. The molecular formula is C28H54. The number of hydrogen-bond donors (Lipinski definition) is 0. The number of allylic oxidation sites excluding steroid dienone is 2. The van der Waals surface area contributed by atoms with Crippen LogP contribution >= 0.6 is 0 Å². The minimum Gasteiger partial charge on any atom is -0.0845 e. The van der Waals surface area contributed by atoms with Gasteiger partial charge < -0.3 is 0 Å². The van der Waals surface area contributed by atoms with E-state index in [4.69, 9.17) is 0 Å². The predicted octanol–water partition coefficient (Wildman–Crippen LogP) is 9.40. The first-order chi connectivity index (χ1) is 13.3. The molecule has 3 fully saturated rings. The molecule has 0 saturated heterocycles. The molecule has 4 aliphatic carbocycles. The van der Waals surface area contributed by atoms with E-state index in [1.807, 2.05) is 5.57 Å². The fourth-order valence-electron chi connectivity index (χ4n) is 8.87. The predicted molar refractivity (Wildman–Crippen MR) is 129 cm³/mol. The fourth-order valence-corrected chi connectivity index (χ4v) is 8.87. The van der Waals surface area contributed by atoms with Crippen LogP contribution < -0.4 is 0 Å². The van der Waals surface area contributed by atoms with E-state index in [2.05, 4.69) is 47.6 Å². The van der Waals surface area contributed by atoms with Crippen molar-refractivity contribution in [1.82, 2.24) is 0 Å². The summed E-state index contributed by atoms with van der Waals surface area (Å²) in [4.78, 5) is 0. The van der Waals surface area contributed by atoms with E-state index in [9.17, 15) is 0 Å². The SMILES string of the molecule is CC(C)CCCC(C)[C@H]1CCC2C3CC=C4CC(C)CC[C@]4(C)C3CCC21C.[HH].[HH].[HH]. The van der Waals surface area contributed by atoms with Crippen LogP contribution in [0.25, 0.3) is 0 Å². The van der Waals surface area contributed by atoms with Crippen LogP contribution in [-0.2, 0) is 0 Å². The van der Waals surface area contributed by atoms with Gasteiger partial charge in [-0.3, -0.25) is 0 Å². The lowest BCUT2D eigenvalue weighted by molar-refractivity contribution is -0.0523. The quantitative estimate of drug-likeness (QED) is 0.410. The summed E-state index contributed by atoms with van der Waals surface area (Å²) in [6.45, 7) is 15.3. The Morgan fingerprint density at radius 2 is 1.79 bits per heavy atom. The third-order valence-corrected chi connectivity index (χ3v) is 10.6. The maximum absolute atomic E-state index is 2.75. The highest BCUT2D eigenvalue weighted by Gasteiger charge is 2.58. The second-order valence-electron chi connectivity index (χ2n) is 12.6. The van der Waals surface area contributed by atoms with Crippen LogP contribution in [0.1, 0.15) is 116 Å². The Labute approximate surface area is 180 Å². The maximum atomic E-state index is 2.75. The average Bonchev–Trinajstić information content (AvgIpc) is 2.99. The third-order valence-electron chi connectivity index (χ3n) is 10.6. The normalized spacial score (nSPS) is 46.5. The monoisotopic (exact) mass is 390 g/mol. The van der Waals surface area contributed by atoms with Gasteiger partial charge in [-0.2, -0.15) is 0 Å². The second kappa shape index (κ2) is 7.77. The summed E-state index contributed by atoms with van der Waals surface area (Å²) < 4.78 is 0. The van der Waals surface area contributed by atoms with Crippen molar-refractivity contribution in [3.05, 3.63) is 11.6 Å². The van der Waals surface area contributed by atoms with Gasteiger partial charge >= 0.3 is 0 Å². The highest BCUT2D eigenvalue weighted by molar-refractivity contribution is 5.25. The van der Waals surface area contributed by atoms with Gasteiger partial charge in [-0.25, -0.2) is 0 Å². The zero-order valence-corrected chi connectivity index (χ0v) is 19.9. The van der Waals surface area contributed by atoms with E-state index in [0.29, 0.717) is 10.8 Å². The molecule has 0 amide bonds. The van der Waals surface area contributed by atoms with Gasteiger partial charge in [0.1, 0.15) is 0 Å². The molecule has 0 radical (unpaired) electrons. The Morgan fingerprint density at radius 3 is 2.54 bits per heavy atom. The highest BCUT2D eigenvalue weighted by Crippen LogP contribution is 2.67. The first-order valence-corrected chi connectivity index (χ1v) is 12.9. The van der Waals surface area contributed by atoms with E-state index in [1.165, 1.54) is 70.6 Å². The molecule has 0 heteroatoms. The van der Waals surface area contributed by atoms with E-state index in [1.54, 1.807) is 0 Å². The molecule has 0 nitrogen and oxygen atoms in total. The van der Waals surface area contributed by atoms with Gasteiger partial charge in [0.15, 0.2) is 0 Å². The first-order valence-electron chi connectivity index (χ1n) is 12.9. The number of rotatable bonds is 5. The van der Waals surface area contributed by atoms with Crippen molar-refractivity contribution >= 4 is 0 Å². The zero-order valence-electron chi connectivity index (χ0n) is 19.9. The van der Waals surface area contributed by atoms with Gasteiger partial charge in [-0.1, -0.05) is 72.5 Å². The summed E-state index contributed by atoms with van der Waals surface area (Å²) in [5.41, 5.74) is 3.06. The Balaban J connectivity index is 0.00000160. The van der Waals surface area contributed by atoms with Crippen molar-refractivity contribution in [3.8, 4) is 0 Å². The molecule has 0 N–H and O–H groups in total. The molecule has 0 heterocycles. The number of fused-ring (bicyclic) bond motifs is 5.